The fourth-order valence-corrected chi connectivity index (χ4v) is 2.16. The van der Waals surface area contributed by atoms with E-state index in [0.717, 1.165) is 0 Å². The first-order valence-corrected chi connectivity index (χ1v) is 5.93. The lowest BCUT2D eigenvalue weighted by Crippen LogP contribution is -2.14. The molecule has 0 atom stereocenters. The summed E-state index contributed by atoms with van der Waals surface area (Å²) in [6.45, 7) is 0. The molecule has 110 valence electrons. The molecule has 0 aliphatic rings. The minimum absolute atomic E-state index is 0.0391. The summed E-state index contributed by atoms with van der Waals surface area (Å²) in [5, 5.41) is 0. The Kier molecular flexibility index (Phi) is 3.92. The molecule has 0 spiro atoms. The number of halogens is 6. The van der Waals surface area contributed by atoms with Gasteiger partial charge in [0.15, 0.2) is 0 Å². The van der Waals surface area contributed by atoms with E-state index >= 15 is 0 Å². The lowest BCUT2D eigenvalue weighted by atomic mass is 10.1. The normalized spacial score (nSPS) is 12.9. The van der Waals surface area contributed by atoms with Gasteiger partial charge in [-0.05, 0) is 23.7 Å². The van der Waals surface area contributed by atoms with E-state index in [9.17, 15) is 34.8 Å². The molecule has 0 aliphatic heterocycles. The van der Waals surface area contributed by atoms with Gasteiger partial charge >= 0.3 is 12.4 Å². The molecule has 1 aromatic carbocycles. The molecule has 20 heavy (non-hydrogen) atoms. The van der Waals surface area contributed by atoms with Gasteiger partial charge in [0.2, 0.25) is 0 Å². The molecule has 12 heteroatoms. The van der Waals surface area contributed by atoms with E-state index < -0.39 is 38.4 Å². The number of sulfonamides is 1. The van der Waals surface area contributed by atoms with Crippen molar-refractivity contribution in [3.63, 3.8) is 0 Å². The van der Waals surface area contributed by atoms with Crippen molar-refractivity contribution in [3.05, 3.63) is 39.8 Å². The second kappa shape index (κ2) is 4.87. The van der Waals surface area contributed by atoms with Crippen molar-refractivity contribution >= 4 is 10.0 Å². The molecule has 0 N–H and O–H groups in total. The number of alkyl halides is 6. The lowest BCUT2D eigenvalue weighted by molar-refractivity contribution is -0.143. The monoisotopic (exact) mass is 319 g/mol. The van der Waals surface area contributed by atoms with E-state index in [1.165, 1.54) is 0 Å². The fourth-order valence-electron chi connectivity index (χ4n) is 1.24. The third-order valence-electron chi connectivity index (χ3n) is 2.04. The van der Waals surface area contributed by atoms with Crippen LogP contribution in [0.1, 0.15) is 11.1 Å². The average molecular weight is 319 g/mol. The summed E-state index contributed by atoms with van der Waals surface area (Å²) >= 11 is 0. The fraction of sp³-hybridized carbons (Fsp3) is 0.250. The molecular formula is C8H3F6N3O2S. The molecule has 0 saturated heterocycles. The van der Waals surface area contributed by atoms with Crippen LogP contribution in [0.5, 0.6) is 0 Å². The van der Waals surface area contributed by atoms with E-state index in [0.29, 0.717) is 0 Å². The van der Waals surface area contributed by atoms with Crippen molar-refractivity contribution in [2.45, 2.75) is 17.2 Å². The molecule has 0 heterocycles. The second-order valence-corrected chi connectivity index (χ2v) is 4.91. The summed E-state index contributed by atoms with van der Waals surface area (Å²) in [6.07, 6.45) is -10.3. The average Bonchev–Trinajstić information content (AvgIpc) is 2.25. The van der Waals surface area contributed by atoms with E-state index in [1.54, 1.807) is 4.91 Å². The molecule has 0 unspecified atom stereocenters. The first-order chi connectivity index (χ1) is 8.89. The van der Waals surface area contributed by atoms with E-state index in [4.69, 9.17) is 5.53 Å². The second-order valence-electron chi connectivity index (χ2n) is 3.35. The Morgan fingerprint density at radius 3 is 2.00 bits per heavy atom. The first kappa shape index (κ1) is 16.1. The number of azide groups is 1. The molecule has 1 aromatic rings. The smallest absolute Gasteiger partial charge is 0.216 e. The summed E-state index contributed by atoms with van der Waals surface area (Å²) in [4.78, 5) is 0.0350. The third kappa shape index (κ3) is 3.33. The molecule has 0 aromatic heterocycles. The van der Waals surface area contributed by atoms with Gasteiger partial charge in [0.05, 0.1) is 16.0 Å². The Hall–Kier alpha value is -1.94. The largest absolute Gasteiger partial charge is 0.417 e. The highest BCUT2D eigenvalue weighted by Gasteiger charge is 2.40. The van der Waals surface area contributed by atoms with Crippen LogP contribution in [0.2, 0.25) is 0 Å². The van der Waals surface area contributed by atoms with E-state index in [2.05, 4.69) is 4.52 Å². The van der Waals surface area contributed by atoms with Crippen LogP contribution in [0.25, 0.3) is 10.4 Å². The Morgan fingerprint density at radius 1 is 1.05 bits per heavy atom. The summed E-state index contributed by atoms with van der Waals surface area (Å²) in [5.74, 6) is 0. The number of benzene rings is 1. The third-order valence-corrected chi connectivity index (χ3v) is 3.22. The van der Waals surface area contributed by atoms with E-state index in [1.807, 2.05) is 0 Å². The van der Waals surface area contributed by atoms with Gasteiger partial charge in [0.1, 0.15) is 0 Å². The van der Waals surface area contributed by atoms with Gasteiger partial charge in [-0.3, -0.25) is 0 Å². The van der Waals surface area contributed by atoms with Gasteiger partial charge < -0.3 is 0 Å². The van der Waals surface area contributed by atoms with Gasteiger partial charge in [-0.25, -0.2) is 8.42 Å². The van der Waals surface area contributed by atoms with Gasteiger partial charge in [0, 0.05) is 9.43 Å². The summed E-state index contributed by atoms with van der Waals surface area (Å²) in [7, 11) is -5.22. The van der Waals surface area contributed by atoms with E-state index in [-0.39, 0.29) is 18.2 Å². The Bertz CT molecular complexity index is 672. The van der Waals surface area contributed by atoms with Crippen LogP contribution in [-0.4, -0.2) is 8.42 Å². The Morgan fingerprint density at radius 2 is 1.60 bits per heavy atom. The zero-order valence-corrected chi connectivity index (χ0v) is 9.88. The van der Waals surface area contributed by atoms with Crippen LogP contribution in [0.15, 0.2) is 27.6 Å². The maximum atomic E-state index is 12.6. The van der Waals surface area contributed by atoms with Crippen molar-refractivity contribution in [1.82, 2.24) is 0 Å². The molecule has 1 rings (SSSR count). The van der Waals surface area contributed by atoms with Crippen LogP contribution in [0, 0.1) is 0 Å². The highest BCUT2D eigenvalue weighted by Crippen LogP contribution is 2.38. The molecule has 5 nitrogen and oxygen atoms in total. The van der Waals surface area contributed by atoms with Crippen molar-refractivity contribution in [2.75, 3.05) is 0 Å². The number of hydrogen-bond acceptors (Lipinski definition) is 2. The minimum atomic E-state index is -5.22. The molecule has 0 aliphatic carbocycles. The number of hydrogen-bond donors (Lipinski definition) is 0. The van der Waals surface area contributed by atoms with Crippen molar-refractivity contribution < 1.29 is 34.8 Å². The minimum Gasteiger partial charge on any atom is -0.216 e. The standard InChI is InChI=1S/C8H3F6N3O2S/c9-7(10,11)4-1-2-5(8(12,13)14)6(3-4)20(18,19)17-16-15/h1-3H. The molecule has 0 radical (unpaired) electrons. The number of nitrogens with zero attached hydrogens (tertiary/aromatic N) is 3. The molecular weight excluding hydrogens is 316 g/mol. The lowest BCUT2D eigenvalue weighted by Gasteiger charge is -2.14. The van der Waals surface area contributed by atoms with Crippen LogP contribution < -0.4 is 0 Å². The highest BCUT2D eigenvalue weighted by atomic mass is 32.2. The Balaban J connectivity index is 3.72. The van der Waals surface area contributed by atoms with Crippen LogP contribution >= 0.6 is 0 Å². The maximum absolute atomic E-state index is 12.6. The van der Waals surface area contributed by atoms with Gasteiger partial charge in [0.25, 0.3) is 10.0 Å². The predicted molar refractivity (Wildman–Crippen MR) is 52.8 cm³/mol. The highest BCUT2D eigenvalue weighted by molar-refractivity contribution is 7.90. The summed E-state index contributed by atoms with van der Waals surface area (Å²) in [6, 6.07) is -0.187. The van der Waals surface area contributed by atoms with Crippen molar-refractivity contribution in [2.24, 2.45) is 4.52 Å². The summed E-state index contributed by atoms with van der Waals surface area (Å²) in [5.41, 5.74) is 4.50. The molecule has 0 amide bonds. The quantitative estimate of drug-likeness (QED) is 0.360. The zero-order chi connectivity index (χ0) is 15.8. The van der Waals surface area contributed by atoms with Crippen LogP contribution in [-0.2, 0) is 22.4 Å². The van der Waals surface area contributed by atoms with Crippen molar-refractivity contribution in [1.29, 1.82) is 0 Å². The van der Waals surface area contributed by atoms with Crippen LogP contribution in [0.4, 0.5) is 26.3 Å². The molecule has 0 saturated carbocycles. The van der Waals surface area contributed by atoms with Gasteiger partial charge in [-0.15, -0.1) is 0 Å². The first-order valence-electron chi connectivity index (χ1n) is 4.49. The maximum Gasteiger partial charge on any atom is 0.417 e. The molecule has 0 bridgehead atoms. The zero-order valence-electron chi connectivity index (χ0n) is 9.07. The summed E-state index contributed by atoms with van der Waals surface area (Å²) < 4.78 is 99.6. The van der Waals surface area contributed by atoms with Gasteiger partial charge in [-0.2, -0.15) is 26.3 Å². The van der Waals surface area contributed by atoms with Crippen LogP contribution in [0.3, 0.4) is 0 Å². The Labute approximate surface area is 107 Å². The molecule has 0 fully saturated rings. The van der Waals surface area contributed by atoms with Gasteiger partial charge in [-0.1, -0.05) is 0 Å². The topological polar surface area (TPSA) is 82.9 Å². The van der Waals surface area contributed by atoms with Crippen molar-refractivity contribution in [3.8, 4) is 0 Å². The SMILES string of the molecule is [N-]=[N+]=NS(=O)(=O)c1cc(C(F)(F)F)ccc1C(F)(F)F. The number of rotatable bonds is 2. The predicted octanol–water partition coefficient (Wildman–Crippen LogP) is 3.72.